The number of phenolic OH excluding ortho intramolecular Hbond substituents is 1. The van der Waals surface area contributed by atoms with Gasteiger partial charge in [0, 0.05) is 10.9 Å². The van der Waals surface area contributed by atoms with Crippen molar-refractivity contribution in [2.45, 2.75) is 0 Å². The zero-order valence-electron chi connectivity index (χ0n) is 12.7. The molecular formula is C17H10Cl2FNO4. The SMILES string of the molecule is COC(=O)c1cc2c(F)c(O)ccc2n1C(=O)c1ccc(Cl)c(Cl)c1. The Morgan fingerprint density at radius 2 is 1.84 bits per heavy atom. The van der Waals surface area contributed by atoms with Crippen molar-refractivity contribution in [1.29, 1.82) is 0 Å². The quantitative estimate of drug-likeness (QED) is 0.673. The van der Waals surface area contributed by atoms with E-state index < -0.39 is 23.4 Å². The number of carbonyl (C=O) groups excluding carboxylic acids is 2. The summed E-state index contributed by atoms with van der Waals surface area (Å²) in [6.07, 6.45) is 0. The van der Waals surface area contributed by atoms with Gasteiger partial charge in [-0.05, 0) is 36.4 Å². The highest BCUT2D eigenvalue weighted by molar-refractivity contribution is 6.42. The second kappa shape index (κ2) is 6.38. The highest BCUT2D eigenvalue weighted by atomic mass is 35.5. The van der Waals surface area contributed by atoms with Crippen LogP contribution in [0, 0.1) is 5.82 Å². The molecule has 0 atom stereocenters. The van der Waals surface area contributed by atoms with E-state index in [9.17, 15) is 19.1 Å². The van der Waals surface area contributed by atoms with E-state index in [1.54, 1.807) is 0 Å². The molecule has 0 spiro atoms. The summed E-state index contributed by atoms with van der Waals surface area (Å²) in [5.41, 5.74) is 0.0652. The molecule has 0 aliphatic rings. The Balaban J connectivity index is 2.29. The number of hydrogen-bond acceptors (Lipinski definition) is 4. The summed E-state index contributed by atoms with van der Waals surface area (Å²) in [6.45, 7) is 0. The summed E-state index contributed by atoms with van der Waals surface area (Å²) < 4.78 is 19.8. The van der Waals surface area contributed by atoms with Crippen molar-refractivity contribution in [2.75, 3.05) is 7.11 Å². The van der Waals surface area contributed by atoms with Gasteiger partial charge in [-0.3, -0.25) is 9.36 Å². The smallest absolute Gasteiger partial charge is 0.355 e. The predicted octanol–water partition coefficient (Wildman–Crippen LogP) is 4.27. The third-order valence-electron chi connectivity index (χ3n) is 3.66. The zero-order chi connectivity index (χ0) is 18.3. The maximum Gasteiger partial charge on any atom is 0.355 e. The number of nitrogens with zero attached hydrogens (tertiary/aromatic N) is 1. The van der Waals surface area contributed by atoms with Crippen molar-refractivity contribution in [1.82, 2.24) is 4.57 Å². The van der Waals surface area contributed by atoms with Gasteiger partial charge in [0.15, 0.2) is 11.6 Å². The minimum absolute atomic E-state index is 0.0891. The molecule has 0 aliphatic carbocycles. The lowest BCUT2D eigenvalue weighted by Crippen LogP contribution is -2.18. The molecule has 0 aliphatic heterocycles. The van der Waals surface area contributed by atoms with Gasteiger partial charge < -0.3 is 9.84 Å². The number of ether oxygens (including phenoxy) is 1. The van der Waals surface area contributed by atoms with Gasteiger partial charge in [0.2, 0.25) is 0 Å². The molecule has 0 fully saturated rings. The lowest BCUT2D eigenvalue weighted by atomic mass is 10.2. The first kappa shape index (κ1) is 17.3. The Kier molecular flexibility index (Phi) is 4.41. The van der Waals surface area contributed by atoms with Crippen LogP contribution in [0.4, 0.5) is 4.39 Å². The summed E-state index contributed by atoms with van der Waals surface area (Å²) in [7, 11) is 1.14. The number of aromatic nitrogens is 1. The van der Waals surface area contributed by atoms with Crippen LogP contribution in [-0.4, -0.2) is 28.7 Å². The topological polar surface area (TPSA) is 68.5 Å². The molecule has 0 saturated carbocycles. The molecule has 2 aromatic carbocycles. The zero-order valence-corrected chi connectivity index (χ0v) is 14.2. The molecule has 128 valence electrons. The molecular weight excluding hydrogens is 372 g/mol. The molecule has 0 saturated heterocycles. The van der Waals surface area contributed by atoms with Crippen molar-refractivity contribution in [3.05, 3.63) is 63.5 Å². The van der Waals surface area contributed by atoms with Crippen LogP contribution in [-0.2, 0) is 4.74 Å². The third-order valence-corrected chi connectivity index (χ3v) is 4.40. The molecule has 8 heteroatoms. The fourth-order valence-electron chi connectivity index (χ4n) is 2.47. The number of aromatic hydroxyl groups is 1. The van der Waals surface area contributed by atoms with Crippen molar-refractivity contribution in [3.8, 4) is 5.75 Å². The molecule has 0 unspecified atom stereocenters. The number of esters is 1. The fourth-order valence-corrected chi connectivity index (χ4v) is 2.76. The van der Waals surface area contributed by atoms with Crippen molar-refractivity contribution < 1.29 is 23.8 Å². The molecule has 3 aromatic rings. The molecule has 0 amide bonds. The van der Waals surface area contributed by atoms with Gasteiger partial charge in [-0.25, -0.2) is 9.18 Å². The Morgan fingerprint density at radius 1 is 1.12 bits per heavy atom. The third kappa shape index (κ3) is 2.83. The minimum Gasteiger partial charge on any atom is -0.505 e. The normalized spacial score (nSPS) is 10.9. The average Bonchev–Trinajstić information content (AvgIpc) is 2.99. The number of rotatable bonds is 2. The molecule has 5 nitrogen and oxygen atoms in total. The van der Waals surface area contributed by atoms with Crippen LogP contribution in [0.1, 0.15) is 20.8 Å². The Morgan fingerprint density at radius 3 is 2.48 bits per heavy atom. The molecule has 3 rings (SSSR count). The number of carbonyl (C=O) groups is 2. The van der Waals surface area contributed by atoms with Gasteiger partial charge in [0.05, 0.1) is 22.7 Å². The summed E-state index contributed by atoms with van der Waals surface area (Å²) in [6, 6.07) is 7.78. The maximum absolute atomic E-state index is 14.2. The van der Waals surface area contributed by atoms with Crippen LogP contribution in [0.15, 0.2) is 36.4 Å². The summed E-state index contributed by atoms with van der Waals surface area (Å²) in [5.74, 6) is -2.99. The van der Waals surface area contributed by atoms with E-state index in [0.717, 1.165) is 23.8 Å². The van der Waals surface area contributed by atoms with Crippen LogP contribution in [0.25, 0.3) is 10.9 Å². The Hall–Kier alpha value is -2.57. The first-order valence-electron chi connectivity index (χ1n) is 6.96. The molecule has 0 bridgehead atoms. The Labute approximate surface area is 151 Å². The summed E-state index contributed by atoms with van der Waals surface area (Å²) >= 11 is 11.8. The Bertz CT molecular complexity index is 1030. The van der Waals surface area contributed by atoms with Crippen LogP contribution in [0.3, 0.4) is 0 Å². The first-order chi connectivity index (χ1) is 11.8. The number of hydrogen-bond donors (Lipinski definition) is 1. The summed E-state index contributed by atoms with van der Waals surface area (Å²) in [4.78, 5) is 24.9. The monoisotopic (exact) mass is 381 g/mol. The first-order valence-corrected chi connectivity index (χ1v) is 7.71. The number of phenols is 1. The second-order valence-electron chi connectivity index (χ2n) is 5.12. The van der Waals surface area contributed by atoms with Gasteiger partial charge in [0.1, 0.15) is 5.69 Å². The average molecular weight is 382 g/mol. The largest absolute Gasteiger partial charge is 0.505 e. The van der Waals surface area contributed by atoms with Gasteiger partial charge in [0.25, 0.3) is 5.91 Å². The number of benzene rings is 2. The van der Waals surface area contributed by atoms with E-state index in [1.165, 1.54) is 24.3 Å². The number of fused-ring (bicyclic) bond motifs is 1. The maximum atomic E-state index is 14.2. The van der Waals surface area contributed by atoms with Gasteiger partial charge in [-0.2, -0.15) is 0 Å². The van der Waals surface area contributed by atoms with Gasteiger partial charge >= 0.3 is 5.97 Å². The summed E-state index contributed by atoms with van der Waals surface area (Å²) in [5, 5.41) is 9.85. The van der Waals surface area contributed by atoms with Gasteiger partial charge in [-0.1, -0.05) is 23.2 Å². The van der Waals surface area contributed by atoms with Crippen molar-refractivity contribution >= 4 is 46.0 Å². The highest BCUT2D eigenvalue weighted by Crippen LogP contribution is 2.30. The minimum atomic E-state index is -0.941. The molecule has 1 N–H and O–H groups in total. The molecule has 0 radical (unpaired) electrons. The predicted molar refractivity (Wildman–Crippen MR) is 91.1 cm³/mol. The van der Waals surface area contributed by atoms with E-state index in [2.05, 4.69) is 4.74 Å². The highest BCUT2D eigenvalue weighted by Gasteiger charge is 2.24. The van der Waals surface area contributed by atoms with E-state index >= 15 is 0 Å². The lowest BCUT2D eigenvalue weighted by molar-refractivity contribution is 0.0584. The fraction of sp³-hybridized carbons (Fsp3) is 0.0588. The van der Waals surface area contributed by atoms with Crippen LogP contribution in [0.5, 0.6) is 5.75 Å². The van der Waals surface area contributed by atoms with Crippen molar-refractivity contribution in [2.24, 2.45) is 0 Å². The van der Waals surface area contributed by atoms with Crippen molar-refractivity contribution in [3.63, 3.8) is 0 Å². The molecule has 25 heavy (non-hydrogen) atoms. The van der Waals surface area contributed by atoms with E-state index in [1.807, 2.05) is 0 Å². The van der Waals surface area contributed by atoms with Crippen LogP contribution in [0.2, 0.25) is 10.0 Å². The van der Waals surface area contributed by atoms with Crippen LogP contribution < -0.4 is 0 Å². The van der Waals surface area contributed by atoms with Crippen LogP contribution >= 0.6 is 23.2 Å². The molecule has 1 aromatic heterocycles. The van der Waals surface area contributed by atoms with E-state index in [4.69, 9.17) is 23.2 Å². The van der Waals surface area contributed by atoms with Gasteiger partial charge in [-0.15, -0.1) is 0 Å². The number of methoxy groups -OCH3 is 1. The number of halogens is 3. The van der Waals surface area contributed by atoms with E-state index in [-0.39, 0.29) is 32.2 Å². The second-order valence-corrected chi connectivity index (χ2v) is 5.94. The standard InChI is InChI=1S/C17H10Cl2FNO4/c1-25-17(24)13-7-9-12(4-5-14(22)15(9)20)21(13)16(23)8-2-3-10(18)11(19)6-8/h2-7,22H,1H3. The lowest BCUT2D eigenvalue weighted by Gasteiger charge is -2.09. The van der Waals surface area contributed by atoms with E-state index in [0.29, 0.717) is 0 Å². The molecule has 1 heterocycles.